The Kier molecular flexibility index (Phi) is 2.11. The van der Waals surface area contributed by atoms with Crippen LogP contribution < -0.4 is 5.56 Å². The minimum Gasteiger partial charge on any atom is -0.508 e. The van der Waals surface area contributed by atoms with Crippen LogP contribution in [0.2, 0.25) is 0 Å². The van der Waals surface area contributed by atoms with Crippen LogP contribution in [0.4, 0.5) is 0 Å². The van der Waals surface area contributed by atoms with E-state index in [2.05, 4.69) is 5.10 Å². The predicted octanol–water partition coefficient (Wildman–Crippen LogP) is 1.39. The monoisotopic (exact) mass is 204 g/mol. The smallest absolute Gasteiger partial charge is 0.274 e. The van der Waals surface area contributed by atoms with Gasteiger partial charge in [0.1, 0.15) is 5.75 Å². The van der Waals surface area contributed by atoms with E-state index in [0.717, 1.165) is 11.3 Å². The highest BCUT2D eigenvalue weighted by Gasteiger charge is 2.11. The number of hydrogen-bond donors (Lipinski definition) is 2. The van der Waals surface area contributed by atoms with Crippen molar-refractivity contribution in [3.63, 3.8) is 0 Å². The largest absolute Gasteiger partial charge is 0.508 e. The van der Waals surface area contributed by atoms with E-state index in [4.69, 9.17) is 0 Å². The summed E-state index contributed by atoms with van der Waals surface area (Å²) in [6, 6.07) is 6.68. The Morgan fingerprint density at radius 1 is 1.40 bits per heavy atom. The van der Waals surface area contributed by atoms with Gasteiger partial charge in [-0.1, -0.05) is 12.1 Å². The van der Waals surface area contributed by atoms with Crippen molar-refractivity contribution in [2.24, 2.45) is 7.05 Å². The number of aromatic nitrogens is 2. The highest BCUT2D eigenvalue weighted by Crippen LogP contribution is 2.22. The van der Waals surface area contributed by atoms with Crippen LogP contribution in [0.5, 0.6) is 5.75 Å². The number of phenols is 1. The highest BCUT2D eigenvalue weighted by atomic mass is 16.3. The van der Waals surface area contributed by atoms with Gasteiger partial charge in [0.05, 0.1) is 5.56 Å². The van der Waals surface area contributed by atoms with Gasteiger partial charge >= 0.3 is 0 Å². The summed E-state index contributed by atoms with van der Waals surface area (Å²) < 4.78 is 1.43. The molecule has 4 heteroatoms. The van der Waals surface area contributed by atoms with Gasteiger partial charge in [0.15, 0.2) is 0 Å². The number of H-pyrrole nitrogens is 1. The molecular formula is C11H12N2O2. The lowest BCUT2D eigenvalue weighted by Gasteiger charge is -1.98. The van der Waals surface area contributed by atoms with E-state index in [1.807, 2.05) is 6.92 Å². The van der Waals surface area contributed by atoms with Crippen molar-refractivity contribution in [2.45, 2.75) is 6.92 Å². The second-order valence-electron chi connectivity index (χ2n) is 3.53. The van der Waals surface area contributed by atoms with E-state index in [0.29, 0.717) is 5.56 Å². The molecule has 0 unspecified atom stereocenters. The fourth-order valence-electron chi connectivity index (χ4n) is 1.69. The SMILES string of the molecule is Cc1[nH]n(C)c(=O)c1-c1cccc(O)c1. The van der Waals surface area contributed by atoms with E-state index in [-0.39, 0.29) is 11.3 Å². The van der Waals surface area contributed by atoms with Crippen molar-refractivity contribution in [3.05, 3.63) is 40.3 Å². The molecule has 0 radical (unpaired) electrons. The zero-order chi connectivity index (χ0) is 11.0. The zero-order valence-corrected chi connectivity index (χ0v) is 8.61. The Morgan fingerprint density at radius 2 is 2.13 bits per heavy atom. The first-order valence-corrected chi connectivity index (χ1v) is 4.64. The van der Waals surface area contributed by atoms with Crippen molar-refractivity contribution in [1.29, 1.82) is 0 Å². The number of benzene rings is 1. The number of aromatic hydroxyl groups is 1. The Hall–Kier alpha value is -1.97. The van der Waals surface area contributed by atoms with Crippen LogP contribution >= 0.6 is 0 Å². The third-order valence-corrected chi connectivity index (χ3v) is 2.36. The molecule has 4 nitrogen and oxygen atoms in total. The molecule has 1 aromatic heterocycles. The number of nitrogens with one attached hydrogen (secondary N) is 1. The summed E-state index contributed by atoms with van der Waals surface area (Å²) in [6.07, 6.45) is 0. The quantitative estimate of drug-likeness (QED) is 0.737. The molecule has 0 aliphatic heterocycles. The van der Waals surface area contributed by atoms with Crippen molar-refractivity contribution >= 4 is 0 Å². The predicted molar refractivity (Wildman–Crippen MR) is 57.9 cm³/mol. The van der Waals surface area contributed by atoms with E-state index < -0.39 is 0 Å². The van der Waals surface area contributed by atoms with Crippen LogP contribution in [0.25, 0.3) is 11.1 Å². The normalized spacial score (nSPS) is 10.5. The number of rotatable bonds is 1. The van der Waals surface area contributed by atoms with Crippen molar-refractivity contribution < 1.29 is 5.11 Å². The number of aryl methyl sites for hydroxylation is 2. The summed E-state index contributed by atoms with van der Waals surface area (Å²) in [5.74, 6) is 0.162. The van der Waals surface area contributed by atoms with Crippen LogP contribution in [0.15, 0.2) is 29.1 Å². The topological polar surface area (TPSA) is 58.0 Å². The van der Waals surface area contributed by atoms with E-state index in [1.54, 1.807) is 31.3 Å². The molecule has 2 aromatic rings. The Bertz CT molecular complexity index is 552. The molecule has 0 aliphatic carbocycles. The molecule has 0 saturated heterocycles. The molecular weight excluding hydrogens is 192 g/mol. The van der Waals surface area contributed by atoms with E-state index >= 15 is 0 Å². The van der Waals surface area contributed by atoms with Gasteiger partial charge in [-0.3, -0.25) is 14.6 Å². The van der Waals surface area contributed by atoms with Gasteiger partial charge in [-0.25, -0.2) is 0 Å². The van der Waals surface area contributed by atoms with Crippen LogP contribution in [0, 0.1) is 6.92 Å². The van der Waals surface area contributed by atoms with Gasteiger partial charge in [0, 0.05) is 12.7 Å². The molecule has 1 aromatic carbocycles. The number of aromatic amines is 1. The first kappa shape index (κ1) is 9.58. The van der Waals surface area contributed by atoms with Crippen LogP contribution in [0.3, 0.4) is 0 Å². The molecule has 0 atom stereocenters. The molecule has 15 heavy (non-hydrogen) atoms. The summed E-state index contributed by atoms with van der Waals surface area (Å²) in [7, 11) is 1.67. The molecule has 78 valence electrons. The number of phenolic OH excluding ortho intramolecular Hbond substituents is 1. The molecule has 0 fully saturated rings. The fourth-order valence-corrected chi connectivity index (χ4v) is 1.69. The number of hydrogen-bond acceptors (Lipinski definition) is 2. The van der Waals surface area contributed by atoms with Crippen molar-refractivity contribution in [1.82, 2.24) is 9.78 Å². The second-order valence-corrected chi connectivity index (χ2v) is 3.53. The third kappa shape index (κ3) is 1.54. The molecule has 0 saturated carbocycles. The summed E-state index contributed by atoms with van der Waals surface area (Å²) in [5.41, 5.74) is 2.05. The highest BCUT2D eigenvalue weighted by molar-refractivity contribution is 5.66. The average molecular weight is 204 g/mol. The van der Waals surface area contributed by atoms with Gasteiger partial charge < -0.3 is 5.11 Å². The Morgan fingerprint density at radius 3 is 2.67 bits per heavy atom. The van der Waals surface area contributed by atoms with Crippen molar-refractivity contribution in [3.8, 4) is 16.9 Å². The Labute approximate surface area is 86.8 Å². The molecule has 0 spiro atoms. The minimum atomic E-state index is -0.0851. The first-order valence-electron chi connectivity index (χ1n) is 4.64. The van der Waals surface area contributed by atoms with Gasteiger partial charge in [-0.05, 0) is 24.6 Å². The maximum Gasteiger partial charge on any atom is 0.274 e. The number of nitrogens with zero attached hydrogens (tertiary/aromatic N) is 1. The van der Waals surface area contributed by atoms with E-state index in [1.165, 1.54) is 4.68 Å². The molecule has 0 aliphatic rings. The lowest BCUT2D eigenvalue weighted by molar-refractivity contribution is 0.475. The molecule has 2 N–H and O–H groups in total. The lowest BCUT2D eigenvalue weighted by atomic mass is 10.1. The Balaban J connectivity index is 2.69. The van der Waals surface area contributed by atoms with Crippen molar-refractivity contribution in [2.75, 3.05) is 0 Å². The fraction of sp³-hybridized carbons (Fsp3) is 0.182. The average Bonchev–Trinajstić information content (AvgIpc) is 2.41. The van der Waals surface area contributed by atoms with Gasteiger partial charge in [-0.2, -0.15) is 0 Å². The lowest BCUT2D eigenvalue weighted by Crippen LogP contribution is -2.12. The maximum absolute atomic E-state index is 11.8. The summed E-state index contributed by atoms with van der Waals surface area (Å²) in [4.78, 5) is 11.8. The molecule has 0 bridgehead atoms. The van der Waals surface area contributed by atoms with Gasteiger partial charge in [-0.15, -0.1) is 0 Å². The molecule has 1 heterocycles. The van der Waals surface area contributed by atoms with E-state index in [9.17, 15) is 9.90 Å². The molecule has 2 rings (SSSR count). The molecule has 0 amide bonds. The minimum absolute atomic E-state index is 0.0851. The second kappa shape index (κ2) is 3.31. The maximum atomic E-state index is 11.8. The summed E-state index contributed by atoms with van der Waals surface area (Å²) in [6.45, 7) is 1.83. The van der Waals surface area contributed by atoms with Crippen LogP contribution in [0.1, 0.15) is 5.69 Å². The van der Waals surface area contributed by atoms with Crippen LogP contribution in [-0.2, 0) is 7.05 Å². The first-order chi connectivity index (χ1) is 7.09. The zero-order valence-electron chi connectivity index (χ0n) is 8.61. The summed E-state index contributed by atoms with van der Waals surface area (Å²) in [5, 5.41) is 12.3. The van der Waals surface area contributed by atoms with Gasteiger partial charge in [0.25, 0.3) is 5.56 Å². The third-order valence-electron chi connectivity index (χ3n) is 2.36. The van der Waals surface area contributed by atoms with Crippen LogP contribution in [-0.4, -0.2) is 14.9 Å². The summed E-state index contributed by atoms with van der Waals surface area (Å²) >= 11 is 0. The van der Waals surface area contributed by atoms with Gasteiger partial charge in [0.2, 0.25) is 0 Å². The standard InChI is InChI=1S/C11H12N2O2/c1-7-10(11(15)13(2)12-7)8-4-3-5-9(14)6-8/h3-6,12,14H,1-2H3.